The van der Waals surface area contributed by atoms with Gasteiger partial charge in [0, 0.05) is 19.4 Å². The highest BCUT2D eigenvalue weighted by molar-refractivity contribution is 5.60. The number of aromatic nitrogens is 3. The zero-order valence-electron chi connectivity index (χ0n) is 9.80. The van der Waals surface area contributed by atoms with Crippen molar-refractivity contribution in [3.8, 4) is 0 Å². The maximum atomic E-state index is 11.7. The van der Waals surface area contributed by atoms with Gasteiger partial charge in [-0.05, 0) is 11.6 Å². The van der Waals surface area contributed by atoms with E-state index in [9.17, 15) is 9.59 Å². The molecule has 4 N–H and O–H groups in total. The van der Waals surface area contributed by atoms with E-state index < -0.39 is 11.2 Å². The van der Waals surface area contributed by atoms with Crippen molar-refractivity contribution < 1.29 is 0 Å². The summed E-state index contributed by atoms with van der Waals surface area (Å²) in [6.45, 7) is 0.254. The Kier molecular flexibility index (Phi) is 3.13. The lowest BCUT2D eigenvalue weighted by molar-refractivity contribution is 0.732. The second-order valence-electron chi connectivity index (χ2n) is 3.72. The molecule has 0 unspecified atom stereocenters. The van der Waals surface area contributed by atoms with Crippen LogP contribution in [0, 0.1) is 0 Å². The number of anilines is 2. The van der Waals surface area contributed by atoms with Gasteiger partial charge in [-0.3, -0.25) is 19.3 Å². The first-order valence-electron chi connectivity index (χ1n) is 5.32. The zero-order valence-corrected chi connectivity index (χ0v) is 9.80. The van der Waals surface area contributed by atoms with Gasteiger partial charge in [-0.25, -0.2) is 4.79 Å². The van der Waals surface area contributed by atoms with Crippen LogP contribution in [-0.2, 0) is 6.54 Å². The predicted octanol–water partition coefficient (Wildman–Crippen LogP) is -0.396. The van der Waals surface area contributed by atoms with Gasteiger partial charge < -0.3 is 11.1 Å². The second-order valence-corrected chi connectivity index (χ2v) is 3.72. The third kappa shape index (κ3) is 2.10. The number of hydrogen-bond donors (Lipinski definition) is 3. The average molecular weight is 247 g/mol. The molecule has 2 aromatic heterocycles. The first kappa shape index (κ1) is 11.9. The van der Waals surface area contributed by atoms with Crippen molar-refractivity contribution in [2.75, 3.05) is 18.1 Å². The van der Waals surface area contributed by atoms with Crippen LogP contribution in [0.1, 0.15) is 5.56 Å². The molecule has 0 aliphatic rings. The smallest absolute Gasteiger partial charge is 0.330 e. The minimum Gasteiger partial charge on any atom is -0.383 e. The van der Waals surface area contributed by atoms with Crippen LogP contribution in [0.15, 0.2) is 34.1 Å². The van der Waals surface area contributed by atoms with E-state index in [4.69, 9.17) is 5.73 Å². The van der Waals surface area contributed by atoms with Gasteiger partial charge in [0.1, 0.15) is 11.5 Å². The fourth-order valence-corrected chi connectivity index (χ4v) is 1.66. The topological polar surface area (TPSA) is 106 Å². The lowest BCUT2D eigenvalue weighted by Crippen LogP contribution is -2.34. The molecule has 2 aromatic rings. The quantitative estimate of drug-likeness (QED) is 0.684. The normalized spacial score (nSPS) is 10.3. The van der Waals surface area contributed by atoms with E-state index in [0.717, 1.165) is 5.56 Å². The van der Waals surface area contributed by atoms with E-state index in [2.05, 4.69) is 15.3 Å². The summed E-state index contributed by atoms with van der Waals surface area (Å²) in [6.07, 6.45) is 3.28. The summed E-state index contributed by atoms with van der Waals surface area (Å²) in [7, 11) is 1.57. The molecule has 0 radical (unpaired) electrons. The molecule has 7 heteroatoms. The summed E-state index contributed by atoms with van der Waals surface area (Å²) in [4.78, 5) is 29.4. The standard InChI is InChI=1S/C11H13N5O2/c1-13-8-9(12)16(11(18)15-10(8)17)6-7-3-2-4-14-5-7/h2-5,13H,6,12H2,1H3,(H,15,17,18). The Labute approximate surface area is 102 Å². The van der Waals surface area contributed by atoms with E-state index in [1.807, 2.05) is 6.07 Å². The van der Waals surface area contributed by atoms with Crippen molar-refractivity contribution in [3.05, 3.63) is 50.9 Å². The molecule has 0 saturated heterocycles. The van der Waals surface area contributed by atoms with Crippen LogP contribution < -0.4 is 22.3 Å². The summed E-state index contributed by atoms with van der Waals surface area (Å²) in [5.74, 6) is 0.107. The third-order valence-corrected chi connectivity index (χ3v) is 2.55. The molecule has 0 aliphatic heterocycles. The third-order valence-electron chi connectivity index (χ3n) is 2.55. The highest BCUT2D eigenvalue weighted by Crippen LogP contribution is 2.10. The van der Waals surface area contributed by atoms with Crippen LogP contribution in [0.3, 0.4) is 0 Å². The number of aromatic amines is 1. The van der Waals surface area contributed by atoms with Crippen LogP contribution in [0.2, 0.25) is 0 Å². The van der Waals surface area contributed by atoms with Gasteiger partial charge in [0.2, 0.25) is 0 Å². The van der Waals surface area contributed by atoms with Crippen molar-refractivity contribution in [2.45, 2.75) is 6.54 Å². The molecule has 0 saturated carbocycles. The minimum absolute atomic E-state index is 0.107. The van der Waals surface area contributed by atoms with Gasteiger partial charge in [-0.1, -0.05) is 6.07 Å². The van der Waals surface area contributed by atoms with Gasteiger partial charge in [-0.15, -0.1) is 0 Å². The number of nitrogen functional groups attached to an aromatic ring is 1. The first-order chi connectivity index (χ1) is 8.63. The van der Waals surface area contributed by atoms with E-state index in [1.165, 1.54) is 4.57 Å². The van der Waals surface area contributed by atoms with Crippen LogP contribution in [0.25, 0.3) is 0 Å². The number of H-pyrrole nitrogens is 1. The van der Waals surface area contributed by atoms with E-state index in [-0.39, 0.29) is 18.1 Å². The summed E-state index contributed by atoms with van der Waals surface area (Å²) in [5.41, 5.74) is 5.74. The van der Waals surface area contributed by atoms with Crippen LogP contribution >= 0.6 is 0 Å². The number of rotatable bonds is 3. The van der Waals surface area contributed by atoms with Crippen LogP contribution in [-0.4, -0.2) is 21.6 Å². The molecule has 18 heavy (non-hydrogen) atoms. The molecule has 0 aromatic carbocycles. The summed E-state index contributed by atoms with van der Waals surface area (Å²) >= 11 is 0. The molecule has 2 rings (SSSR count). The van der Waals surface area contributed by atoms with Gasteiger partial charge in [0.25, 0.3) is 5.56 Å². The largest absolute Gasteiger partial charge is 0.383 e. The Morgan fingerprint density at radius 1 is 1.50 bits per heavy atom. The molecule has 7 nitrogen and oxygen atoms in total. The molecule has 0 atom stereocenters. The zero-order chi connectivity index (χ0) is 13.1. The van der Waals surface area contributed by atoms with E-state index in [1.54, 1.807) is 25.5 Å². The fourth-order valence-electron chi connectivity index (χ4n) is 1.66. The highest BCUT2D eigenvalue weighted by atomic mass is 16.2. The maximum absolute atomic E-state index is 11.7. The Hall–Kier alpha value is -2.57. The molecule has 0 spiro atoms. The lowest BCUT2D eigenvalue weighted by Gasteiger charge is -2.11. The molecule has 0 amide bonds. The minimum atomic E-state index is -0.541. The van der Waals surface area contributed by atoms with Gasteiger partial charge in [-0.2, -0.15) is 0 Å². The Bertz CT molecular complexity index is 659. The summed E-state index contributed by atoms with van der Waals surface area (Å²) in [5, 5.41) is 2.67. The molecular weight excluding hydrogens is 234 g/mol. The fraction of sp³-hybridized carbons (Fsp3) is 0.182. The number of pyridine rings is 1. The van der Waals surface area contributed by atoms with Crippen molar-refractivity contribution >= 4 is 11.5 Å². The number of nitrogens with zero attached hydrogens (tertiary/aromatic N) is 2. The summed E-state index contributed by atoms with van der Waals surface area (Å²) < 4.78 is 1.28. The second kappa shape index (κ2) is 4.74. The molecule has 0 bridgehead atoms. The van der Waals surface area contributed by atoms with E-state index >= 15 is 0 Å². The molecular formula is C11H13N5O2. The van der Waals surface area contributed by atoms with Crippen molar-refractivity contribution in [2.24, 2.45) is 0 Å². The molecule has 0 fully saturated rings. The Morgan fingerprint density at radius 2 is 2.28 bits per heavy atom. The van der Waals surface area contributed by atoms with Gasteiger partial charge in [0.05, 0.1) is 6.54 Å². The van der Waals surface area contributed by atoms with Gasteiger partial charge in [0.15, 0.2) is 0 Å². The predicted molar refractivity (Wildman–Crippen MR) is 68.6 cm³/mol. The van der Waals surface area contributed by atoms with E-state index in [0.29, 0.717) is 0 Å². The van der Waals surface area contributed by atoms with Crippen LogP contribution in [0.4, 0.5) is 11.5 Å². The Balaban J connectivity index is 2.52. The first-order valence-corrected chi connectivity index (χ1v) is 5.32. The average Bonchev–Trinajstić information content (AvgIpc) is 2.36. The van der Waals surface area contributed by atoms with Crippen molar-refractivity contribution in [1.82, 2.24) is 14.5 Å². The summed E-state index contributed by atoms with van der Waals surface area (Å²) in [6, 6.07) is 3.59. The highest BCUT2D eigenvalue weighted by Gasteiger charge is 2.10. The lowest BCUT2D eigenvalue weighted by atomic mass is 10.3. The molecule has 94 valence electrons. The van der Waals surface area contributed by atoms with Crippen molar-refractivity contribution in [3.63, 3.8) is 0 Å². The molecule has 0 aliphatic carbocycles. The Morgan fingerprint density at radius 3 is 2.89 bits per heavy atom. The molecule has 2 heterocycles. The number of nitrogens with one attached hydrogen (secondary N) is 2. The van der Waals surface area contributed by atoms with Crippen molar-refractivity contribution in [1.29, 1.82) is 0 Å². The maximum Gasteiger partial charge on any atom is 0.330 e. The van der Waals surface area contributed by atoms with Crippen LogP contribution in [0.5, 0.6) is 0 Å². The van der Waals surface area contributed by atoms with Gasteiger partial charge >= 0.3 is 5.69 Å². The SMILES string of the molecule is CNc1c(N)n(Cc2cccnc2)c(=O)[nH]c1=O. The monoisotopic (exact) mass is 247 g/mol. The number of hydrogen-bond acceptors (Lipinski definition) is 5. The number of nitrogens with two attached hydrogens (primary N) is 1.